The average molecular weight is 554 g/mol. The molecule has 1 aromatic carbocycles. The Bertz CT molecular complexity index is 978. The number of benzene rings is 1. The van der Waals surface area contributed by atoms with Gasteiger partial charge in [0, 0.05) is 23.7 Å². The second-order valence-electron chi connectivity index (χ2n) is 11.3. The molecule has 0 fully saturated rings. The van der Waals surface area contributed by atoms with Crippen molar-refractivity contribution in [3.63, 3.8) is 0 Å². The van der Waals surface area contributed by atoms with E-state index in [4.69, 9.17) is 9.47 Å². The van der Waals surface area contributed by atoms with Crippen LogP contribution in [0, 0.1) is 6.92 Å². The summed E-state index contributed by atoms with van der Waals surface area (Å²) in [6.07, 6.45) is 19.0. The Kier molecular flexibility index (Phi) is 16.4. The molecule has 1 heterocycles. The van der Waals surface area contributed by atoms with Crippen LogP contribution in [0.5, 0.6) is 0 Å². The number of rotatable bonds is 21. The van der Waals surface area contributed by atoms with Crippen LogP contribution in [0.4, 0.5) is 0 Å². The zero-order chi connectivity index (χ0) is 29.2. The van der Waals surface area contributed by atoms with Crippen molar-refractivity contribution in [2.24, 2.45) is 0 Å². The SMILES string of the molecule is CCCCCCCCCCCCCCCc1cccc(C)c1C1C(CCOC=O)=C(C)NC(C)=C1C(=O)OCC. The molecule has 0 saturated heterocycles. The molecule has 1 atom stereocenters. The lowest BCUT2D eigenvalue weighted by Gasteiger charge is -2.33. The third-order valence-electron chi connectivity index (χ3n) is 8.20. The number of carbonyl (C=O) groups excluding carboxylic acids is 2. The van der Waals surface area contributed by atoms with Crippen LogP contribution in [0.1, 0.15) is 140 Å². The van der Waals surface area contributed by atoms with Gasteiger partial charge >= 0.3 is 5.97 Å². The second-order valence-corrected chi connectivity index (χ2v) is 11.3. The largest absolute Gasteiger partial charge is 0.468 e. The molecule has 0 amide bonds. The van der Waals surface area contributed by atoms with Crippen LogP contribution in [0.2, 0.25) is 0 Å². The number of nitrogens with one attached hydrogen (secondary N) is 1. The molecule has 5 nitrogen and oxygen atoms in total. The minimum atomic E-state index is -0.283. The van der Waals surface area contributed by atoms with Crippen LogP contribution in [-0.2, 0) is 25.5 Å². The van der Waals surface area contributed by atoms with E-state index in [0.717, 1.165) is 29.8 Å². The fourth-order valence-corrected chi connectivity index (χ4v) is 6.09. The first-order valence-corrected chi connectivity index (χ1v) is 15.9. The summed E-state index contributed by atoms with van der Waals surface area (Å²) in [6.45, 7) is 11.3. The number of unbranched alkanes of at least 4 members (excludes halogenated alkanes) is 12. The van der Waals surface area contributed by atoms with Crippen molar-refractivity contribution in [3.05, 3.63) is 57.4 Å². The Hall–Kier alpha value is -2.56. The van der Waals surface area contributed by atoms with Gasteiger partial charge < -0.3 is 14.8 Å². The number of dihydropyridines is 1. The van der Waals surface area contributed by atoms with Crippen LogP contribution in [0.25, 0.3) is 0 Å². The fraction of sp³-hybridized carbons (Fsp3) is 0.657. The molecular formula is C35H55NO4. The molecule has 0 aromatic heterocycles. The van der Waals surface area contributed by atoms with Crippen molar-refractivity contribution in [1.82, 2.24) is 5.32 Å². The Morgan fingerprint density at radius 3 is 2.00 bits per heavy atom. The van der Waals surface area contributed by atoms with E-state index in [1.807, 2.05) is 20.8 Å². The molecule has 0 spiro atoms. The quantitative estimate of drug-likeness (QED) is 0.0935. The topological polar surface area (TPSA) is 64.6 Å². The van der Waals surface area contributed by atoms with Gasteiger partial charge in [0.25, 0.3) is 6.47 Å². The third-order valence-corrected chi connectivity index (χ3v) is 8.20. The monoisotopic (exact) mass is 553 g/mol. The highest BCUT2D eigenvalue weighted by Gasteiger charge is 2.35. The summed E-state index contributed by atoms with van der Waals surface area (Å²) in [7, 11) is 0. The minimum Gasteiger partial charge on any atom is -0.468 e. The number of hydrogen-bond donors (Lipinski definition) is 1. The molecule has 1 unspecified atom stereocenters. The zero-order valence-corrected chi connectivity index (χ0v) is 26.0. The summed E-state index contributed by atoms with van der Waals surface area (Å²) in [6, 6.07) is 6.49. The summed E-state index contributed by atoms with van der Waals surface area (Å²) >= 11 is 0. The third kappa shape index (κ3) is 10.8. The fourth-order valence-electron chi connectivity index (χ4n) is 6.09. The molecule has 1 aliphatic rings. The maximum Gasteiger partial charge on any atom is 0.336 e. The molecule has 1 N–H and O–H groups in total. The molecule has 5 heteroatoms. The van der Waals surface area contributed by atoms with E-state index in [1.165, 1.54) is 93.7 Å². The van der Waals surface area contributed by atoms with Gasteiger partial charge in [0.15, 0.2) is 0 Å². The highest BCUT2D eigenvalue weighted by Crippen LogP contribution is 2.43. The highest BCUT2D eigenvalue weighted by molar-refractivity contribution is 5.93. The van der Waals surface area contributed by atoms with Crippen molar-refractivity contribution in [1.29, 1.82) is 0 Å². The first-order valence-electron chi connectivity index (χ1n) is 15.9. The van der Waals surface area contributed by atoms with Gasteiger partial charge in [-0.25, -0.2) is 4.79 Å². The van der Waals surface area contributed by atoms with Gasteiger partial charge in [-0.1, -0.05) is 102 Å². The Labute approximate surface area is 244 Å². The number of esters is 1. The van der Waals surface area contributed by atoms with E-state index < -0.39 is 0 Å². The Balaban J connectivity index is 2.04. The van der Waals surface area contributed by atoms with Gasteiger partial charge in [0.05, 0.1) is 18.8 Å². The van der Waals surface area contributed by atoms with Crippen LogP contribution in [-0.4, -0.2) is 25.7 Å². The molecule has 40 heavy (non-hydrogen) atoms. The van der Waals surface area contributed by atoms with E-state index in [9.17, 15) is 9.59 Å². The molecule has 1 aromatic rings. The van der Waals surface area contributed by atoms with Crippen molar-refractivity contribution in [2.45, 2.75) is 137 Å². The predicted molar refractivity (Wildman–Crippen MR) is 165 cm³/mol. The van der Waals surface area contributed by atoms with E-state index in [1.54, 1.807) is 0 Å². The van der Waals surface area contributed by atoms with Crippen molar-refractivity contribution in [2.75, 3.05) is 13.2 Å². The van der Waals surface area contributed by atoms with Gasteiger partial charge in [-0.3, -0.25) is 4.79 Å². The van der Waals surface area contributed by atoms with Crippen LogP contribution in [0.3, 0.4) is 0 Å². The molecule has 224 valence electrons. The van der Waals surface area contributed by atoms with E-state index in [2.05, 4.69) is 37.4 Å². The highest BCUT2D eigenvalue weighted by atomic mass is 16.5. The van der Waals surface area contributed by atoms with Gasteiger partial charge in [-0.2, -0.15) is 0 Å². The Morgan fingerprint density at radius 2 is 1.43 bits per heavy atom. The van der Waals surface area contributed by atoms with Crippen molar-refractivity contribution >= 4 is 12.4 Å². The van der Waals surface area contributed by atoms with Crippen molar-refractivity contribution < 1.29 is 19.1 Å². The summed E-state index contributed by atoms with van der Waals surface area (Å²) in [5.41, 5.74) is 7.26. The molecule has 0 aliphatic carbocycles. The molecule has 0 radical (unpaired) electrons. The Morgan fingerprint density at radius 1 is 0.825 bits per heavy atom. The van der Waals surface area contributed by atoms with Gasteiger partial charge in [-0.05, 0) is 62.8 Å². The number of aryl methyl sites for hydroxylation is 2. The summed E-state index contributed by atoms with van der Waals surface area (Å²) in [5, 5.41) is 3.39. The predicted octanol–water partition coefficient (Wildman–Crippen LogP) is 8.99. The maximum atomic E-state index is 13.3. The molecule has 2 rings (SSSR count). The number of carbonyl (C=O) groups is 2. The summed E-state index contributed by atoms with van der Waals surface area (Å²) in [4.78, 5) is 24.1. The summed E-state index contributed by atoms with van der Waals surface area (Å²) in [5.74, 6) is -0.498. The lowest BCUT2D eigenvalue weighted by atomic mass is 9.75. The van der Waals surface area contributed by atoms with E-state index in [0.29, 0.717) is 25.1 Å². The normalized spacial score (nSPS) is 15.3. The lowest BCUT2D eigenvalue weighted by Crippen LogP contribution is -2.30. The number of hydrogen-bond acceptors (Lipinski definition) is 5. The summed E-state index contributed by atoms with van der Waals surface area (Å²) < 4.78 is 10.6. The second kappa shape index (κ2) is 19.5. The van der Waals surface area contributed by atoms with Gasteiger partial charge in [0.2, 0.25) is 0 Å². The lowest BCUT2D eigenvalue weighted by molar-refractivity contribution is -0.139. The maximum absolute atomic E-state index is 13.3. The first-order chi connectivity index (χ1) is 19.5. The van der Waals surface area contributed by atoms with Crippen LogP contribution < -0.4 is 5.32 Å². The number of ether oxygens (including phenoxy) is 2. The van der Waals surface area contributed by atoms with E-state index >= 15 is 0 Å². The molecule has 0 saturated carbocycles. The van der Waals surface area contributed by atoms with E-state index in [-0.39, 0.29) is 18.5 Å². The molecule has 0 bridgehead atoms. The van der Waals surface area contributed by atoms with Gasteiger partial charge in [-0.15, -0.1) is 0 Å². The minimum absolute atomic E-state index is 0.214. The molecular weight excluding hydrogens is 498 g/mol. The van der Waals surface area contributed by atoms with Crippen LogP contribution in [0.15, 0.2) is 40.7 Å². The first kappa shape index (κ1) is 33.6. The molecule has 1 aliphatic heterocycles. The van der Waals surface area contributed by atoms with Crippen LogP contribution >= 0.6 is 0 Å². The standard InChI is InChI=1S/C35H55NO4/c1-6-8-9-10-11-12-13-14-15-16-17-18-19-22-30-23-20-21-27(3)32(30)34-31(24-25-39-26-37)28(4)36-29(5)33(34)35(38)40-7-2/h20-21,23,26,34,36H,6-19,22,24-25H2,1-5H3. The smallest absolute Gasteiger partial charge is 0.336 e. The van der Waals surface area contributed by atoms with Gasteiger partial charge in [0.1, 0.15) is 0 Å². The zero-order valence-electron chi connectivity index (χ0n) is 26.0. The average Bonchev–Trinajstić information content (AvgIpc) is 2.92. The number of allylic oxidation sites excluding steroid dienone is 2. The van der Waals surface area contributed by atoms with Crippen molar-refractivity contribution in [3.8, 4) is 0 Å².